The molecule has 28 heavy (non-hydrogen) atoms. The fourth-order valence-electron chi connectivity index (χ4n) is 3.33. The molecule has 3 aromatic rings. The summed E-state index contributed by atoms with van der Waals surface area (Å²) < 4.78 is 1.58. The van der Waals surface area contributed by atoms with Crippen molar-refractivity contribution in [2.24, 2.45) is 0 Å². The van der Waals surface area contributed by atoms with Crippen LogP contribution in [-0.2, 0) is 6.54 Å². The number of pyridine rings is 1. The largest absolute Gasteiger partial charge is 0.338 e. The van der Waals surface area contributed by atoms with Crippen molar-refractivity contribution in [3.8, 4) is 5.69 Å². The van der Waals surface area contributed by atoms with Crippen LogP contribution >= 0.6 is 0 Å². The van der Waals surface area contributed by atoms with Crippen molar-refractivity contribution in [2.45, 2.75) is 13.0 Å². The fraction of sp³-hybridized carbons (Fsp3) is 0.182. The fourth-order valence-corrected chi connectivity index (χ4v) is 3.33. The zero-order valence-electron chi connectivity index (χ0n) is 15.5. The molecule has 6 heteroatoms. The van der Waals surface area contributed by atoms with Crippen LogP contribution in [0.5, 0.6) is 0 Å². The van der Waals surface area contributed by atoms with E-state index in [1.54, 1.807) is 26.7 Å². The first-order valence-electron chi connectivity index (χ1n) is 9.37. The van der Waals surface area contributed by atoms with Crippen LogP contribution in [0.15, 0.2) is 83.8 Å². The highest BCUT2D eigenvalue weighted by Gasteiger charge is 2.26. The first-order chi connectivity index (χ1) is 13.7. The quantitative estimate of drug-likeness (QED) is 0.746. The van der Waals surface area contributed by atoms with E-state index in [4.69, 9.17) is 0 Å². The SMILES string of the molecule is O=C1N(NCc2ccccc2)CCCN1c1ccc(-n2ccccc2=O)cc1. The Bertz CT molecular complexity index is 999. The van der Waals surface area contributed by atoms with Crippen LogP contribution in [0.25, 0.3) is 5.69 Å². The second-order valence-corrected chi connectivity index (χ2v) is 6.69. The average Bonchev–Trinajstić information content (AvgIpc) is 2.74. The van der Waals surface area contributed by atoms with Gasteiger partial charge in [-0.15, -0.1) is 0 Å². The molecule has 0 aliphatic carbocycles. The molecule has 1 aromatic heterocycles. The number of benzene rings is 2. The van der Waals surface area contributed by atoms with Crippen LogP contribution in [0.3, 0.4) is 0 Å². The predicted molar refractivity (Wildman–Crippen MR) is 109 cm³/mol. The molecular formula is C22H22N4O2. The van der Waals surface area contributed by atoms with E-state index < -0.39 is 0 Å². The molecule has 0 radical (unpaired) electrons. The molecule has 6 nitrogen and oxygen atoms in total. The minimum Gasteiger partial charge on any atom is -0.293 e. The molecule has 1 N–H and O–H groups in total. The molecular weight excluding hydrogens is 352 g/mol. The van der Waals surface area contributed by atoms with E-state index in [0.717, 1.165) is 23.4 Å². The average molecular weight is 374 g/mol. The molecule has 2 amide bonds. The van der Waals surface area contributed by atoms with Gasteiger partial charge in [-0.3, -0.25) is 19.3 Å². The maximum Gasteiger partial charge on any atom is 0.338 e. The molecule has 1 aliphatic heterocycles. The lowest BCUT2D eigenvalue weighted by molar-refractivity contribution is 0.164. The normalized spacial score (nSPS) is 14.4. The highest BCUT2D eigenvalue weighted by molar-refractivity contribution is 5.92. The zero-order chi connectivity index (χ0) is 19.3. The molecule has 0 unspecified atom stereocenters. The number of urea groups is 1. The second kappa shape index (κ2) is 8.10. The maximum absolute atomic E-state index is 12.9. The predicted octanol–water partition coefficient (Wildman–Crippen LogP) is 3.17. The number of hydrogen-bond acceptors (Lipinski definition) is 3. The number of amides is 2. The Balaban J connectivity index is 1.47. The Hall–Kier alpha value is -3.38. The standard InChI is InChI=1S/C22H22N4O2/c27-21-9-4-5-14-24(21)19-10-12-20(13-11-19)25-15-6-16-26(22(25)28)23-17-18-7-2-1-3-8-18/h1-5,7-14,23H,6,15-17H2. The van der Waals surface area contributed by atoms with Gasteiger partial charge in [0, 0.05) is 43.3 Å². The van der Waals surface area contributed by atoms with Gasteiger partial charge in [-0.05, 0) is 42.3 Å². The third-order valence-electron chi connectivity index (χ3n) is 4.80. The summed E-state index contributed by atoms with van der Waals surface area (Å²) in [7, 11) is 0. The van der Waals surface area contributed by atoms with Crippen LogP contribution in [-0.4, -0.2) is 28.7 Å². The van der Waals surface area contributed by atoms with Gasteiger partial charge in [0.1, 0.15) is 0 Å². The summed E-state index contributed by atoms with van der Waals surface area (Å²) in [5, 5.41) is 1.67. The van der Waals surface area contributed by atoms with Gasteiger partial charge in [-0.25, -0.2) is 10.2 Å². The Morgan fingerprint density at radius 3 is 2.25 bits per heavy atom. The van der Waals surface area contributed by atoms with Crippen molar-refractivity contribution in [3.05, 3.63) is 94.9 Å². The molecule has 1 aliphatic rings. The number of rotatable bonds is 5. The van der Waals surface area contributed by atoms with Crippen LogP contribution in [0.2, 0.25) is 0 Å². The third-order valence-corrected chi connectivity index (χ3v) is 4.80. The second-order valence-electron chi connectivity index (χ2n) is 6.69. The van der Waals surface area contributed by atoms with Gasteiger partial charge in [-0.2, -0.15) is 0 Å². The van der Waals surface area contributed by atoms with E-state index >= 15 is 0 Å². The highest BCUT2D eigenvalue weighted by Crippen LogP contribution is 2.21. The molecule has 2 aromatic carbocycles. The van der Waals surface area contributed by atoms with Gasteiger partial charge >= 0.3 is 6.03 Å². The number of carbonyl (C=O) groups excluding carboxylic acids is 1. The van der Waals surface area contributed by atoms with Gasteiger partial charge in [0.05, 0.1) is 0 Å². The molecule has 2 heterocycles. The number of carbonyl (C=O) groups is 1. The molecule has 4 rings (SSSR count). The van der Waals surface area contributed by atoms with Crippen LogP contribution < -0.4 is 15.9 Å². The number of hydrazine groups is 1. The Morgan fingerprint density at radius 1 is 0.786 bits per heavy atom. The van der Waals surface area contributed by atoms with Crippen LogP contribution in [0.4, 0.5) is 10.5 Å². The molecule has 0 bridgehead atoms. The van der Waals surface area contributed by atoms with E-state index in [1.807, 2.05) is 60.7 Å². The summed E-state index contributed by atoms with van der Waals surface area (Å²) in [6.45, 7) is 1.96. The lowest BCUT2D eigenvalue weighted by Crippen LogP contribution is -2.54. The molecule has 0 spiro atoms. The van der Waals surface area contributed by atoms with Crippen molar-refractivity contribution in [2.75, 3.05) is 18.0 Å². The van der Waals surface area contributed by atoms with E-state index in [9.17, 15) is 9.59 Å². The first-order valence-corrected chi connectivity index (χ1v) is 9.37. The Kier molecular flexibility index (Phi) is 5.21. The molecule has 142 valence electrons. The number of hydrogen-bond donors (Lipinski definition) is 1. The van der Waals surface area contributed by atoms with Crippen molar-refractivity contribution in [1.82, 2.24) is 15.0 Å². The maximum atomic E-state index is 12.9. The van der Waals surface area contributed by atoms with Crippen molar-refractivity contribution in [3.63, 3.8) is 0 Å². The Morgan fingerprint density at radius 2 is 1.50 bits per heavy atom. The van der Waals surface area contributed by atoms with Gasteiger partial charge in [0.2, 0.25) is 0 Å². The molecule has 0 saturated carbocycles. The number of aromatic nitrogens is 1. The number of anilines is 1. The zero-order valence-corrected chi connectivity index (χ0v) is 15.5. The highest BCUT2D eigenvalue weighted by atomic mass is 16.2. The van der Waals surface area contributed by atoms with Gasteiger partial charge in [-0.1, -0.05) is 36.4 Å². The summed E-state index contributed by atoms with van der Waals surface area (Å²) in [6.07, 6.45) is 2.62. The topological polar surface area (TPSA) is 57.6 Å². The summed E-state index contributed by atoms with van der Waals surface area (Å²) in [6, 6.07) is 22.5. The van der Waals surface area contributed by atoms with Gasteiger partial charge in [0.15, 0.2) is 0 Å². The lowest BCUT2D eigenvalue weighted by Gasteiger charge is -2.35. The molecule has 0 atom stereocenters. The first kappa shape index (κ1) is 18.0. The number of nitrogens with zero attached hydrogens (tertiary/aromatic N) is 3. The third kappa shape index (κ3) is 3.82. The monoisotopic (exact) mass is 374 g/mol. The van der Waals surface area contributed by atoms with Crippen LogP contribution in [0, 0.1) is 0 Å². The van der Waals surface area contributed by atoms with Crippen molar-refractivity contribution >= 4 is 11.7 Å². The summed E-state index contributed by atoms with van der Waals surface area (Å²) in [4.78, 5) is 26.6. The van der Waals surface area contributed by atoms with Crippen molar-refractivity contribution in [1.29, 1.82) is 0 Å². The summed E-state index contributed by atoms with van der Waals surface area (Å²) in [5.74, 6) is 0. The molecule has 1 saturated heterocycles. The Labute approximate surface area is 163 Å². The van der Waals surface area contributed by atoms with E-state index in [1.165, 1.54) is 6.07 Å². The minimum atomic E-state index is -0.0828. The van der Waals surface area contributed by atoms with Crippen LogP contribution in [0.1, 0.15) is 12.0 Å². The summed E-state index contributed by atoms with van der Waals surface area (Å²) >= 11 is 0. The van der Waals surface area contributed by atoms with Gasteiger partial charge in [0.25, 0.3) is 5.56 Å². The smallest absolute Gasteiger partial charge is 0.293 e. The van der Waals surface area contributed by atoms with E-state index in [0.29, 0.717) is 19.6 Å². The number of nitrogens with one attached hydrogen (secondary N) is 1. The summed E-state index contributed by atoms with van der Waals surface area (Å²) in [5.41, 5.74) is 5.87. The minimum absolute atomic E-state index is 0.0631. The van der Waals surface area contributed by atoms with E-state index in [2.05, 4.69) is 5.43 Å². The molecule has 1 fully saturated rings. The lowest BCUT2D eigenvalue weighted by atomic mass is 10.2. The van der Waals surface area contributed by atoms with Crippen molar-refractivity contribution < 1.29 is 4.79 Å². The van der Waals surface area contributed by atoms with E-state index in [-0.39, 0.29) is 11.6 Å². The van der Waals surface area contributed by atoms with Gasteiger partial charge < -0.3 is 0 Å².